The molecule has 0 aliphatic carbocycles. The Bertz CT molecular complexity index is 1040. The van der Waals surface area contributed by atoms with Crippen LogP contribution in [0.2, 0.25) is 0 Å². The summed E-state index contributed by atoms with van der Waals surface area (Å²) in [4.78, 5) is 28.4. The second-order valence-electron chi connectivity index (χ2n) is 7.35. The maximum Gasteiger partial charge on any atom is 0.417 e. The lowest BCUT2D eigenvalue weighted by Crippen LogP contribution is -2.38. The molecule has 146 valence electrons. The van der Waals surface area contributed by atoms with E-state index in [4.69, 9.17) is 4.42 Å². The summed E-state index contributed by atoms with van der Waals surface area (Å²) in [7, 11) is 0. The number of aromatic nitrogens is 1. The van der Waals surface area contributed by atoms with Crippen LogP contribution in [0.25, 0.3) is 11.1 Å². The topological polar surface area (TPSA) is 78.3 Å². The van der Waals surface area contributed by atoms with Gasteiger partial charge in [-0.05, 0) is 67.6 Å². The van der Waals surface area contributed by atoms with Crippen molar-refractivity contribution in [1.82, 2.24) is 10.3 Å². The first-order valence-corrected chi connectivity index (χ1v) is 9.41. The number of nitrogens with one attached hydrogen (secondary N) is 2. The minimum Gasteiger partial charge on any atom is -0.408 e. The van der Waals surface area contributed by atoms with E-state index < -0.39 is 5.76 Å². The molecule has 2 aromatic carbocycles. The van der Waals surface area contributed by atoms with E-state index in [2.05, 4.69) is 15.2 Å². The van der Waals surface area contributed by atoms with Gasteiger partial charge in [0.2, 0.25) is 0 Å². The highest BCUT2D eigenvalue weighted by Crippen LogP contribution is 2.25. The maximum atomic E-state index is 13.6. The van der Waals surface area contributed by atoms with E-state index >= 15 is 0 Å². The van der Waals surface area contributed by atoms with Crippen LogP contribution in [-0.2, 0) is 0 Å². The molecule has 0 radical (unpaired) electrons. The summed E-state index contributed by atoms with van der Waals surface area (Å²) in [5, 5.41) is 2.97. The molecule has 0 bridgehead atoms. The molecular weight excluding hydrogens is 361 g/mol. The van der Waals surface area contributed by atoms with Crippen molar-refractivity contribution in [3.8, 4) is 0 Å². The van der Waals surface area contributed by atoms with E-state index in [1.54, 1.807) is 24.3 Å². The number of nitrogens with zero attached hydrogens (tertiary/aromatic N) is 1. The predicted octanol–water partition coefficient (Wildman–Crippen LogP) is 3.22. The summed E-state index contributed by atoms with van der Waals surface area (Å²) in [5.74, 6) is -0.551. The fraction of sp³-hybridized carbons (Fsp3) is 0.333. The fourth-order valence-corrected chi connectivity index (χ4v) is 3.72. The van der Waals surface area contributed by atoms with Crippen molar-refractivity contribution in [1.29, 1.82) is 0 Å². The zero-order valence-corrected chi connectivity index (χ0v) is 15.6. The molecule has 0 spiro atoms. The van der Waals surface area contributed by atoms with Crippen molar-refractivity contribution in [2.45, 2.75) is 19.8 Å². The number of piperidine rings is 1. The quantitative estimate of drug-likeness (QED) is 0.725. The molecule has 1 aliphatic heterocycles. The summed E-state index contributed by atoms with van der Waals surface area (Å²) in [6, 6.07) is 10.00. The molecular formula is C21H22FN3O3. The SMILES string of the molecule is Cc1cc(F)cc(N2CCC(CNC(=O)c3ccc4[nH]c(=O)oc4c3)CC2)c1. The van der Waals surface area contributed by atoms with Gasteiger partial charge < -0.3 is 14.6 Å². The highest BCUT2D eigenvalue weighted by Gasteiger charge is 2.21. The van der Waals surface area contributed by atoms with Crippen LogP contribution in [0.3, 0.4) is 0 Å². The Labute approximate surface area is 161 Å². The Morgan fingerprint density at radius 1 is 1.25 bits per heavy atom. The molecule has 2 heterocycles. The van der Waals surface area contributed by atoms with E-state index in [0.717, 1.165) is 37.2 Å². The summed E-state index contributed by atoms with van der Waals surface area (Å²) in [6.07, 6.45) is 1.86. The lowest BCUT2D eigenvalue weighted by Gasteiger charge is -2.34. The molecule has 1 amide bonds. The van der Waals surface area contributed by atoms with E-state index in [0.29, 0.717) is 29.1 Å². The molecule has 1 fully saturated rings. The van der Waals surface area contributed by atoms with Crippen LogP contribution in [0.15, 0.2) is 45.6 Å². The predicted molar refractivity (Wildman–Crippen MR) is 105 cm³/mol. The van der Waals surface area contributed by atoms with Gasteiger partial charge in [-0.3, -0.25) is 9.78 Å². The van der Waals surface area contributed by atoms with Crippen molar-refractivity contribution in [2.24, 2.45) is 5.92 Å². The van der Waals surface area contributed by atoms with Crippen LogP contribution in [0.5, 0.6) is 0 Å². The third-order valence-corrected chi connectivity index (χ3v) is 5.24. The molecule has 7 heteroatoms. The van der Waals surface area contributed by atoms with E-state index in [1.807, 2.05) is 13.0 Å². The van der Waals surface area contributed by atoms with E-state index in [-0.39, 0.29) is 11.7 Å². The summed E-state index contributed by atoms with van der Waals surface area (Å²) < 4.78 is 18.6. The smallest absolute Gasteiger partial charge is 0.408 e. The van der Waals surface area contributed by atoms with Crippen molar-refractivity contribution in [2.75, 3.05) is 24.5 Å². The number of carbonyl (C=O) groups is 1. The number of H-pyrrole nitrogens is 1. The maximum absolute atomic E-state index is 13.6. The summed E-state index contributed by atoms with van der Waals surface area (Å²) in [5.41, 5.74) is 3.24. The van der Waals surface area contributed by atoms with Crippen molar-refractivity contribution in [3.63, 3.8) is 0 Å². The fourth-order valence-electron chi connectivity index (χ4n) is 3.72. The average molecular weight is 383 g/mol. The number of carbonyl (C=O) groups excluding carboxylic acids is 1. The Morgan fingerprint density at radius 2 is 2.04 bits per heavy atom. The largest absolute Gasteiger partial charge is 0.417 e. The number of anilines is 1. The van der Waals surface area contributed by atoms with Gasteiger partial charge in [0, 0.05) is 30.9 Å². The molecule has 1 aliphatic rings. The summed E-state index contributed by atoms with van der Waals surface area (Å²) in [6.45, 7) is 4.16. The standard InChI is InChI=1S/C21H22FN3O3/c1-13-8-16(22)11-17(9-13)25-6-4-14(5-7-25)12-23-20(26)15-2-3-18-19(10-15)28-21(27)24-18/h2-3,8-11,14H,4-7,12H2,1H3,(H,23,26)(H,24,27). The van der Waals surface area contributed by atoms with Crippen LogP contribution in [0.1, 0.15) is 28.8 Å². The highest BCUT2D eigenvalue weighted by atomic mass is 19.1. The number of benzene rings is 2. The van der Waals surface area contributed by atoms with E-state index in [9.17, 15) is 14.0 Å². The van der Waals surface area contributed by atoms with Crippen molar-refractivity contribution in [3.05, 3.63) is 63.9 Å². The lowest BCUT2D eigenvalue weighted by atomic mass is 9.96. The molecule has 6 nitrogen and oxygen atoms in total. The highest BCUT2D eigenvalue weighted by molar-refractivity contribution is 5.96. The lowest BCUT2D eigenvalue weighted by molar-refractivity contribution is 0.0945. The van der Waals surface area contributed by atoms with Gasteiger partial charge in [0.15, 0.2) is 5.58 Å². The third kappa shape index (κ3) is 3.93. The zero-order valence-electron chi connectivity index (χ0n) is 15.6. The minimum absolute atomic E-state index is 0.186. The molecule has 0 atom stereocenters. The molecule has 1 aromatic heterocycles. The number of halogens is 1. The molecule has 4 rings (SSSR count). The van der Waals surface area contributed by atoms with Gasteiger partial charge in [-0.2, -0.15) is 0 Å². The molecule has 0 saturated carbocycles. The third-order valence-electron chi connectivity index (χ3n) is 5.24. The van der Waals surface area contributed by atoms with Gasteiger partial charge in [-0.25, -0.2) is 9.18 Å². The van der Waals surface area contributed by atoms with Gasteiger partial charge in [-0.15, -0.1) is 0 Å². The first-order chi connectivity index (χ1) is 13.5. The monoisotopic (exact) mass is 383 g/mol. The van der Waals surface area contributed by atoms with Crippen LogP contribution in [0, 0.1) is 18.7 Å². The number of oxazole rings is 1. The van der Waals surface area contributed by atoms with Gasteiger partial charge in [0.25, 0.3) is 5.91 Å². The number of amides is 1. The number of rotatable bonds is 4. The van der Waals surface area contributed by atoms with Crippen molar-refractivity contribution < 1.29 is 13.6 Å². The minimum atomic E-state index is -0.534. The Morgan fingerprint density at radius 3 is 2.79 bits per heavy atom. The second-order valence-corrected chi connectivity index (χ2v) is 7.35. The first-order valence-electron chi connectivity index (χ1n) is 9.41. The Balaban J connectivity index is 1.32. The molecule has 28 heavy (non-hydrogen) atoms. The zero-order chi connectivity index (χ0) is 19.7. The van der Waals surface area contributed by atoms with Crippen LogP contribution < -0.4 is 16.0 Å². The normalized spacial score (nSPS) is 15.1. The van der Waals surface area contributed by atoms with Gasteiger partial charge in [0.05, 0.1) is 5.52 Å². The van der Waals surface area contributed by atoms with Crippen LogP contribution in [-0.4, -0.2) is 30.5 Å². The van der Waals surface area contributed by atoms with Crippen LogP contribution in [0.4, 0.5) is 10.1 Å². The number of fused-ring (bicyclic) bond motifs is 1. The number of hydrogen-bond donors (Lipinski definition) is 2. The van der Waals surface area contributed by atoms with Crippen LogP contribution >= 0.6 is 0 Å². The van der Waals surface area contributed by atoms with Gasteiger partial charge in [0.1, 0.15) is 5.82 Å². The average Bonchev–Trinajstić information content (AvgIpc) is 3.05. The molecule has 0 unspecified atom stereocenters. The second kappa shape index (κ2) is 7.50. The van der Waals surface area contributed by atoms with E-state index in [1.165, 1.54) is 6.07 Å². The number of aromatic amines is 1. The Hall–Kier alpha value is -3.09. The number of aryl methyl sites for hydroxylation is 1. The first kappa shape index (κ1) is 18.3. The van der Waals surface area contributed by atoms with Gasteiger partial charge in [-0.1, -0.05) is 0 Å². The Kier molecular flexibility index (Phi) is 4.90. The molecule has 2 N–H and O–H groups in total. The van der Waals surface area contributed by atoms with Gasteiger partial charge >= 0.3 is 5.76 Å². The summed E-state index contributed by atoms with van der Waals surface area (Å²) >= 11 is 0. The number of hydrogen-bond acceptors (Lipinski definition) is 4. The molecule has 1 saturated heterocycles. The van der Waals surface area contributed by atoms with Crippen molar-refractivity contribution >= 4 is 22.7 Å². The molecule has 3 aromatic rings.